The van der Waals surface area contributed by atoms with Gasteiger partial charge in [-0.2, -0.15) is 0 Å². The van der Waals surface area contributed by atoms with Crippen molar-refractivity contribution in [1.82, 2.24) is 5.32 Å². The number of hydrogen-bond acceptors (Lipinski definition) is 2. The minimum absolute atomic E-state index is 0.286. The predicted molar refractivity (Wildman–Crippen MR) is 118 cm³/mol. The van der Waals surface area contributed by atoms with Crippen molar-refractivity contribution in [3.8, 4) is 0 Å². The maximum atomic E-state index is 13.3. The number of anilines is 3. The topological polar surface area (TPSA) is 44.4 Å². The molecular weight excluding hydrogens is 408 g/mol. The largest absolute Gasteiger partial charge is 0.341 e. The van der Waals surface area contributed by atoms with E-state index < -0.39 is 0 Å². The Morgan fingerprint density at radius 2 is 1.33 bits per heavy atom. The zero-order chi connectivity index (χ0) is 21.3. The van der Waals surface area contributed by atoms with Crippen LogP contribution in [0.25, 0.3) is 0 Å². The van der Waals surface area contributed by atoms with Crippen LogP contribution >= 0.6 is 11.6 Å². The molecule has 0 saturated carbocycles. The third-order valence-electron chi connectivity index (χ3n) is 4.47. The molecule has 2 N–H and O–H groups in total. The molecule has 3 aromatic carbocycles. The zero-order valence-electron chi connectivity index (χ0n) is 16.2. The standard InChI is InChI=1S/C23H22ClF2N3O/c24-17-3-9-20(10-4-17)28-23(30)27-15-1-2-16-29(21-11-5-18(25)6-12-21)22-13-7-19(26)8-14-22/h3-14H,1-2,15-16H2,(H2,27,28,30). The molecule has 0 spiro atoms. The van der Waals surface area contributed by atoms with Gasteiger partial charge in [0.1, 0.15) is 11.6 Å². The quantitative estimate of drug-likeness (QED) is 0.409. The first-order valence-electron chi connectivity index (χ1n) is 9.60. The molecule has 2 amide bonds. The maximum Gasteiger partial charge on any atom is 0.319 e. The summed E-state index contributed by atoms with van der Waals surface area (Å²) in [5.74, 6) is -0.623. The van der Waals surface area contributed by atoms with Crippen LogP contribution in [0.4, 0.5) is 30.6 Å². The van der Waals surface area contributed by atoms with E-state index in [1.54, 1.807) is 48.5 Å². The van der Waals surface area contributed by atoms with E-state index >= 15 is 0 Å². The van der Waals surface area contributed by atoms with Crippen LogP contribution < -0.4 is 15.5 Å². The van der Waals surface area contributed by atoms with E-state index in [2.05, 4.69) is 10.6 Å². The summed E-state index contributed by atoms with van der Waals surface area (Å²) >= 11 is 5.83. The van der Waals surface area contributed by atoms with E-state index in [0.29, 0.717) is 23.8 Å². The Bertz CT molecular complexity index is 902. The highest BCUT2D eigenvalue weighted by molar-refractivity contribution is 6.30. The van der Waals surface area contributed by atoms with Crippen LogP contribution in [-0.2, 0) is 0 Å². The van der Waals surface area contributed by atoms with Gasteiger partial charge in [-0.1, -0.05) is 11.6 Å². The van der Waals surface area contributed by atoms with Crippen LogP contribution in [0.3, 0.4) is 0 Å². The van der Waals surface area contributed by atoms with E-state index in [-0.39, 0.29) is 17.7 Å². The van der Waals surface area contributed by atoms with E-state index in [9.17, 15) is 13.6 Å². The van der Waals surface area contributed by atoms with Crippen LogP contribution in [0.1, 0.15) is 12.8 Å². The van der Waals surface area contributed by atoms with Crippen LogP contribution in [0.2, 0.25) is 5.02 Å². The second kappa shape index (κ2) is 10.6. The lowest BCUT2D eigenvalue weighted by atomic mass is 10.2. The van der Waals surface area contributed by atoms with Gasteiger partial charge in [-0.05, 0) is 85.6 Å². The number of benzene rings is 3. The molecule has 0 unspecified atom stereocenters. The first-order valence-corrected chi connectivity index (χ1v) is 9.98. The molecule has 3 rings (SSSR count). The molecule has 0 aliphatic carbocycles. The van der Waals surface area contributed by atoms with Crippen molar-refractivity contribution >= 4 is 34.7 Å². The van der Waals surface area contributed by atoms with Crippen molar-refractivity contribution in [2.75, 3.05) is 23.3 Å². The molecule has 4 nitrogen and oxygen atoms in total. The number of nitrogens with one attached hydrogen (secondary N) is 2. The van der Waals surface area contributed by atoms with Crippen molar-refractivity contribution in [3.63, 3.8) is 0 Å². The number of unbranched alkanes of at least 4 members (excludes halogenated alkanes) is 1. The molecule has 3 aromatic rings. The van der Waals surface area contributed by atoms with E-state index in [4.69, 9.17) is 11.6 Å². The van der Waals surface area contributed by atoms with E-state index in [0.717, 1.165) is 24.2 Å². The third kappa shape index (κ3) is 6.46. The van der Waals surface area contributed by atoms with Gasteiger partial charge in [0.05, 0.1) is 0 Å². The average molecular weight is 430 g/mol. The smallest absolute Gasteiger partial charge is 0.319 e. The van der Waals surface area contributed by atoms with Crippen molar-refractivity contribution in [1.29, 1.82) is 0 Å². The first-order chi connectivity index (χ1) is 14.5. The average Bonchev–Trinajstić information content (AvgIpc) is 2.74. The summed E-state index contributed by atoms with van der Waals surface area (Å²) in [5.41, 5.74) is 2.29. The Hall–Kier alpha value is -3.12. The second-order valence-electron chi connectivity index (χ2n) is 6.70. The molecule has 0 saturated heterocycles. The van der Waals surface area contributed by atoms with Crippen LogP contribution in [0.5, 0.6) is 0 Å². The summed E-state index contributed by atoms with van der Waals surface area (Å²) in [4.78, 5) is 14.0. The Labute approximate surface area is 179 Å². The van der Waals surface area contributed by atoms with Crippen molar-refractivity contribution in [3.05, 3.63) is 89.5 Å². The summed E-state index contributed by atoms with van der Waals surface area (Å²) in [6.07, 6.45) is 1.52. The highest BCUT2D eigenvalue weighted by Gasteiger charge is 2.10. The van der Waals surface area contributed by atoms with Crippen LogP contribution in [-0.4, -0.2) is 19.1 Å². The van der Waals surface area contributed by atoms with Gasteiger partial charge in [0.25, 0.3) is 0 Å². The maximum absolute atomic E-state index is 13.3. The molecule has 30 heavy (non-hydrogen) atoms. The Morgan fingerprint density at radius 3 is 1.87 bits per heavy atom. The van der Waals surface area contributed by atoms with Crippen LogP contribution in [0, 0.1) is 11.6 Å². The lowest BCUT2D eigenvalue weighted by molar-refractivity contribution is 0.252. The number of hydrogen-bond donors (Lipinski definition) is 2. The molecule has 0 radical (unpaired) electrons. The van der Waals surface area contributed by atoms with Gasteiger partial charge < -0.3 is 15.5 Å². The van der Waals surface area contributed by atoms with Gasteiger partial charge in [0, 0.05) is 35.2 Å². The van der Waals surface area contributed by atoms with Gasteiger partial charge in [0.15, 0.2) is 0 Å². The molecule has 0 fully saturated rings. The summed E-state index contributed by atoms with van der Waals surface area (Å²) in [7, 11) is 0. The number of halogens is 3. The zero-order valence-corrected chi connectivity index (χ0v) is 17.0. The normalized spacial score (nSPS) is 10.5. The molecule has 0 aliphatic heterocycles. The number of rotatable bonds is 8. The minimum atomic E-state index is -0.311. The van der Waals surface area contributed by atoms with Crippen molar-refractivity contribution in [2.45, 2.75) is 12.8 Å². The monoisotopic (exact) mass is 429 g/mol. The minimum Gasteiger partial charge on any atom is -0.341 e. The van der Waals surface area contributed by atoms with Gasteiger partial charge in [-0.15, -0.1) is 0 Å². The fourth-order valence-corrected chi connectivity index (χ4v) is 3.08. The Morgan fingerprint density at radius 1 is 0.800 bits per heavy atom. The molecule has 0 bridgehead atoms. The first kappa shape index (κ1) is 21.6. The predicted octanol–water partition coefficient (Wildman–Crippen LogP) is 6.36. The highest BCUT2D eigenvalue weighted by atomic mass is 35.5. The second-order valence-corrected chi connectivity index (χ2v) is 7.14. The fourth-order valence-electron chi connectivity index (χ4n) is 2.95. The summed E-state index contributed by atoms with van der Waals surface area (Å²) in [5, 5.41) is 6.16. The third-order valence-corrected chi connectivity index (χ3v) is 4.72. The molecule has 0 atom stereocenters. The number of nitrogens with zero attached hydrogens (tertiary/aromatic N) is 1. The molecular formula is C23H22ClF2N3O. The lowest BCUT2D eigenvalue weighted by Crippen LogP contribution is -2.30. The van der Waals surface area contributed by atoms with Crippen molar-refractivity contribution in [2.24, 2.45) is 0 Å². The highest BCUT2D eigenvalue weighted by Crippen LogP contribution is 2.26. The molecule has 156 valence electrons. The van der Waals surface area contributed by atoms with Crippen LogP contribution in [0.15, 0.2) is 72.8 Å². The molecule has 0 aromatic heterocycles. The fraction of sp³-hybridized carbons (Fsp3) is 0.174. The van der Waals surface area contributed by atoms with Gasteiger partial charge >= 0.3 is 6.03 Å². The summed E-state index contributed by atoms with van der Waals surface area (Å²) in [6, 6.07) is 18.9. The van der Waals surface area contributed by atoms with Gasteiger partial charge in [-0.3, -0.25) is 0 Å². The molecule has 7 heteroatoms. The Kier molecular flexibility index (Phi) is 7.63. The number of amides is 2. The summed E-state index contributed by atoms with van der Waals surface area (Å²) < 4.78 is 26.6. The van der Waals surface area contributed by atoms with E-state index in [1.807, 2.05) is 4.90 Å². The molecule has 0 aliphatic rings. The molecule has 0 heterocycles. The van der Waals surface area contributed by atoms with Gasteiger partial charge in [-0.25, -0.2) is 13.6 Å². The number of urea groups is 1. The van der Waals surface area contributed by atoms with Gasteiger partial charge in [0.2, 0.25) is 0 Å². The Balaban J connectivity index is 1.50. The summed E-state index contributed by atoms with van der Waals surface area (Å²) in [6.45, 7) is 1.14. The number of carbonyl (C=O) groups excluding carboxylic acids is 1. The SMILES string of the molecule is O=C(NCCCCN(c1ccc(F)cc1)c1ccc(F)cc1)Nc1ccc(Cl)cc1. The number of carbonyl (C=O) groups is 1. The van der Waals surface area contributed by atoms with Crippen molar-refractivity contribution < 1.29 is 13.6 Å². The lowest BCUT2D eigenvalue weighted by Gasteiger charge is -2.25. The van der Waals surface area contributed by atoms with E-state index in [1.165, 1.54) is 24.3 Å².